The summed E-state index contributed by atoms with van der Waals surface area (Å²) in [6.07, 6.45) is 0. The number of amides is 1. The third-order valence-corrected chi connectivity index (χ3v) is 4.76. The van der Waals surface area contributed by atoms with Crippen LogP contribution in [-0.4, -0.2) is 40.9 Å². The first-order valence-electron chi connectivity index (χ1n) is 6.38. The highest BCUT2D eigenvalue weighted by Crippen LogP contribution is 2.24. The molecule has 1 amide bonds. The van der Waals surface area contributed by atoms with Crippen LogP contribution in [0.1, 0.15) is 13.8 Å². The van der Waals surface area contributed by atoms with Gasteiger partial charge in [0.15, 0.2) is 0 Å². The van der Waals surface area contributed by atoms with Gasteiger partial charge in [0.2, 0.25) is 5.91 Å². The van der Waals surface area contributed by atoms with E-state index in [2.05, 4.69) is 19.2 Å². The predicted molar refractivity (Wildman–Crippen MR) is 78.0 cm³/mol. The number of nitrogens with one attached hydrogen (secondary N) is 1. The molecule has 4 heteroatoms. The number of para-hydroxylation sites is 1. The maximum atomic E-state index is 12.2. The van der Waals surface area contributed by atoms with Crippen molar-refractivity contribution in [2.24, 2.45) is 0 Å². The maximum Gasteiger partial charge on any atom is 0.242 e. The van der Waals surface area contributed by atoms with Crippen LogP contribution in [0.3, 0.4) is 0 Å². The van der Waals surface area contributed by atoms with Crippen molar-refractivity contribution in [3.8, 4) is 0 Å². The summed E-state index contributed by atoms with van der Waals surface area (Å²) >= 11 is 1.95. The van der Waals surface area contributed by atoms with Crippen molar-refractivity contribution < 1.29 is 4.79 Å². The molecule has 0 saturated carbocycles. The molecule has 1 N–H and O–H groups in total. The van der Waals surface area contributed by atoms with Crippen molar-refractivity contribution in [2.75, 3.05) is 24.2 Å². The number of nitrogens with zero attached hydrogens (tertiary/aromatic N) is 1. The molecule has 1 aliphatic rings. The molecule has 1 aromatic carbocycles. The van der Waals surface area contributed by atoms with E-state index >= 15 is 0 Å². The van der Waals surface area contributed by atoms with E-state index < -0.39 is 0 Å². The molecule has 1 aliphatic heterocycles. The first-order chi connectivity index (χ1) is 8.68. The summed E-state index contributed by atoms with van der Waals surface area (Å²) in [6, 6.07) is 10.2. The van der Waals surface area contributed by atoms with Crippen LogP contribution in [0.15, 0.2) is 30.3 Å². The minimum atomic E-state index is 0.193. The average molecular weight is 264 g/mol. The van der Waals surface area contributed by atoms with Crippen LogP contribution >= 0.6 is 11.8 Å². The van der Waals surface area contributed by atoms with Crippen LogP contribution in [0, 0.1) is 0 Å². The Morgan fingerprint density at radius 3 is 2.83 bits per heavy atom. The van der Waals surface area contributed by atoms with Crippen LogP contribution in [0.5, 0.6) is 0 Å². The van der Waals surface area contributed by atoms with E-state index in [1.807, 2.05) is 47.0 Å². The molecule has 2 atom stereocenters. The summed E-state index contributed by atoms with van der Waals surface area (Å²) in [6.45, 7) is 5.58. The van der Waals surface area contributed by atoms with E-state index in [4.69, 9.17) is 0 Å². The lowest BCUT2D eigenvalue weighted by molar-refractivity contribution is -0.131. The third-order valence-electron chi connectivity index (χ3n) is 3.42. The molecule has 1 saturated heterocycles. The third kappa shape index (κ3) is 3.19. The predicted octanol–water partition coefficient (Wildman–Crippen LogP) is 2.45. The second-order valence-electron chi connectivity index (χ2n) is 4.62. The Hall–Kier alpha value is -1.16. The average Bonchev–Trinajstić information content (AvgIpc) is 2.40. The van der Waals surface area contributed by atoms with E-state index in [0.717, 1.165) is 18.0 Å². The van der Waals surface area contributed by atoms with E-state index in [-0.39, 0.29) is 5.91 Å². The van der Waals surface area contributed by atoms with Gasteiger partial charge in [0.05, 0.1) is 6.54 Å². The highest BCUT2D eigenvalue weighted by atomic mass is 32.2. The quantitative estimate of drug-likeness (QED) is 0.910. The molecule has 0 bridgehead atoms. The summed E-state index contributed by atoms with van der Waals surface area (Å²) in [5.41, 5.74) is 0.998. The fourth-order valence-electron chi connectivity index (χ4n) is 2.12. The molecule has 1 aromatic rings. The Morgan fingerprint density at radius 2 is 2.11 bits per heavy atom. The molecule has 0 radical (unpaired) electrons. The molecule has 0 aliphatic carbocycles. The number of benzene rings is 1. The molecular weight excluding hydrogens is 244 g/mol. The minimum Gasteiger partial charge on any atom is -0.376 e. The number of carbonyl (C=O) groups excluding carboxylic acids is 1. The number of thioether (sulfide) groups is 1. The summed E-state index contributed by atoms with van der Waals surface area (Å²) in [4.78, 5) is 14.2. The SMILES string of the molecule is CC1SCCN(C(=O)CNc2ccccc2)C1C. The van der Waals surface area contributed by atoms with Crippen molar-refractivity contribution in [1.82, 2.24) is 4.90 Å². The number of carbonyl (C=O) groups is 1. The van der Waals surface area contributed by atoms with Gasteiger partial charge in [0, 0.05) is 29.3 Å². The summed E-state index contributed by atoms with van der Waals surface area (Å²) in [5, 5.41) is 3.71. The Kier molecular flexibility index (Phi) is 4.53. The molecular formula is C14H20N2OS. The monoisotopic (exact) mass is 264 g/mol. The largest absolute Gasteiger partial charge is 0.376 e. The lowest BCUT2D eigenvalue weighted by Crippen LogP contribution is -2.49. The summed E-state index contributed by atoms with van der Waals surface area (Å²) < 4.78 is 0. The van der Waals surface area contributed by atoms with Gasteiger partial charge in [-0.3, -0.25) is 4.79 Å². The van der Waals surface area contributed by atoms with Gasteiger partial charge in [-0.1, -0.05) is 25.1 Å². The van der Waals surface area contributed by atoms with Crippen LogP contribution in [0.25, 0.3) is 0 Å². The summed E-state index contributed by atoms with van der Waals surface area (Å²) in [7, 11) is 0. The lowest BCUT2D eigenvalue weighted by Gasteiger charge is -2.37. The van der Waals surface area contributed by atoms with Crippen molar-refractivity contribution >= 4 is 23.4 Å². The highest BCUT2D eigenvalue weighted by Gasteiger charge is 2.28. The van der Waals surface area contributed by atoms with Gasteiger partial charge in [-0.2, -0.15) is 11.8 Å². The molecule has 98 valence electrons. The Morgan fingerprint density at radius 1 is 1.39 bits per heavy atom. The number of hydrogen-bond donors (Lipinski definition) is 1. The van der Waals surface area contributed by atoms with Gasteiger partial charge in [0.1, 0.15) is 0 Å². The number of hydrogen-bond acceptors (Lipinski definition) is 3. The Labute approximate surface area is 113 Å². The Balaban J connectivity index is 1.88. The van der Waals surface area contributed by atoms with Gasteiger partial charge >= 0.3 is 0 Å². The maximum absolute atomic E-state index is 12.2. The van der Waals surface area contributed by atoms with Crippen molar-refractivity contribution in [3.63, 3.8) is 0 Å². The van der Waals surface area contributed by atoms with Gasteiger partial charge in [0.25, 0.3) is 0 Å². The van der Waals surface area contributed by atoms with Crippen LogP contribution in [-0.2, 0) is 4.79 Å². The molecule has 1 fully saturated rings. The van der Waals surface area contributed by atoms with Gasteiger partial charge in [-0.25, -0.2) is 0 Å². The minimum absolute atomic E-state index is 0.193. The lowest BCUT2D eigenvalue weighted by atomic mass is 10.2. The second-order valence-corrected chi connectivity index (χ2v) is 6.11. The van der Waals surface area contributed by atoms with Crippen LogP contribution < -0.4 is 5.32 Å². The topological polar surface area (TPSA) is 32.3 Å². The number of anilines is 1. The first kappa shape index (κ1) is 13.3. The zero-order valence-corrected chi connectivity index (χ0v) is 11.7. The Bertz CT molecular complexity index is 396. The molecule has 0 aromatic heterocycles. The normalized spacial score (nSPS) is 23.8. The molecule has 18 heavy (non-hydrogen) atoms. The second kappa shape index (κ2) is 6.14. The highest BCUT2D eigenvalue weighted by molar-refractivity contribution is 8.00. The van der Waals surface area contributed by atoms with Crippen molar-refractivity contribution in [2.45, 2.75) is 25.1 Å². The summed E-state index contributed by atoms with van der Waals surface area (Å²) in [5.74, 6) is 1.24. The molecule has 2 rings (SSSR count). The standard InChI is InChI=1S/C14H20N2OS/c1-11-12(2)18-9-8-16(11)14(17)10-15-13-6-4-3-5-7-13/h3-7,11-12,15H,8-10H2,1-2H3. The van der Waals surface area contributed by atoms with Gasteiger partial charge < -0.3 is 10.2 Å². The van der Waals surface area contributed by atoms with Crippen LogP contribution in [0.2, 0.25) is 0 Å². The van der Waals surface area contributed by atoms with Crippen molar-refractivity contribution in [3.05, 3.63) is 30.3 Å². The van der Waals surface area contributed by atoms with Gasteiger partial charge in [-0.15, -0.1) is 0 Å². The molecule has 2 unspecified atom stereocenters. The van der Waals surface area contributed by atoms with Crippen molar-refractivity contribution in [1.29, 1.82) is 0 Å². The van der Waals surface area contributed by atoms with E-state index in [1.165, 1.54) is 0 Å². The fourth-order valence-corrected chi connectivity index (χ4v) is 3.22. The van der Waals surface area contributed by atoms with E-state index in [9.17, 15) is 4.79 Å². The fraction of sp³-hybridized carbons (Fsp3) is 0.500. The molecule has 0 spiro atoms. The van der Waals surface area contributed by atoms with E-state index in [0.29, 0.717) is 17.8 Å². The number of rotatable bonds is 3. The molecule has 1 heterocycles. The zero-order chi connectivity index (χ0) is 13.0. The van der Waals surface area contributed by atoms with Gasteiger partial charge in [-0.05, 0) is 19.1 Å². The van der Waals surface area contributed by atoms with E-state index in [1.54, 1.807) is 0 Å². The molecule has 3 nitrogen and oxygen atoms in total. The smallest absolute Gasteiger partial charge is 0.242 e. The van der Waals surface area contributed by atoms with Crippen LogP contribution in [0.4, 0.5) is 5.69 Å². The zero-order valence-electron chi connectivity index (χ0n) is 10.9. The first-order valence-corrected chi connectivity index (χ1v) is 7.43.